The summed E-state index contributed by atoms with van der Waals surface area (Å²) in [7, 11) is 0. The van der Waals surface area contributed by atoms with Gasteiger partial charge in [-0.05, 0) is 62.6 Å². The van der Waals surface area contributed by atoms with Crippen molar-refractivity contribution in [3.05, 3.63) is 58.3 Å². The number of carbonyl (C=O) groups is 1. The lowest BCUT2D eigenvalue weighted by atomic mass is 10.0. The molecule has 1 aliphatic heterocycles. The number of aromatic amines is 1. The van der Waals surface area contributed by atoms with E-state index in [1.165, 1.54) is 11.1 Å². The van der Waals surface area contributed by atoms with E-state index in [4.69, 9.17) is 9.47 Å². The highest BCUT2D eigenvalue weighted by molar-refractivity contribution is 5.92. The molecule has 1 aliphatic rings. The number of fused-ring (bicyclic) bond motifs is 2. The second-order valence-electron chi connectivity index (χ2n) is 7.60. The molecule has 2 N–H and O–H groups in total. The van der Waals surface area contributed by atoms with Crippen molar-refractivity contribution in [2.45, 2.75) is 40.2 Å². The van der Waals surface area contributed by atoms with Crippen LogP contribution in [0, 0.1) is 20.8 Å². The minimum atomic E-state index is -0.114. The molecule has 1 atom stereocenters. The minimum Gasteiger partial charge on any atom is -0.486 e. The standard InChI is InChI=1S/C23H26N2O3/c1-13-9-14(2)23-19(10-13)18(16(4)25-23)12-22(26)24-15(3)17-5-6-20-21(11-17)28-8-7-27-20/h5-6,9-11,15,25H,7-8,12H2,1-4H3,(H,24,26)/t15-/m0/s1. The molecule has 0 bridgehead atoms. The van der Waals surface area contributed by atoms with Crippen LogP contribution >= 0.6 is 0 Å². The molecule has 1 aromatic heterocycles. The Morgan fingerprint density at radius 3 is 2.64 bits per heavy atom. The van der Waals surface area contributed by atoms with Gasteiger partial charge in [-0.25, -0.2) is 0 Å². The van der Waals surface area contributed by atoms with E-state index >= 15 is 0 Å². The number of amides is 1. The van der Waals surface area contributed by atoms with Crippen LogP contribution in [0.2, 0.25) is 0 Å². The van der Waals surface area contributed by atoms with Crippen LogP contribution in [0.3, 0.4) is 0 Å². The van der Waals surface area contributed by atoms with Gasteiger partial charge in [-0.3, -0.25) is 4.79 Å². The minimum absolute atomic E-state index is 0.00514. The van der Waals surface area contributed by atoms with Crippen LogP contribution in [0.15, 0.2) is 30.3 Å². The Labute approximate surface area is 165 Å². The highest BCUT2D eigenvalue weighted by Crippen LogP contribution is 2.32. The summed E-state index contributed by atoms with van der Waals surface area (Å²) in [6.45, 7) is 9.32. The zero-order valence-corrected chi connectivity index (χ0v) is 16.8. The van der Waals surface area contributed by atoms with Gasteiger partial charge in [-0.15, -0.1) is 0 Å². The zero-order valence-electron chi connectivity index (χ0n) is 16.8. The van der Waals surface area contributed by atoms with Gasteiger partial charge in [0, 0.05) is 16.6 Å². The number of hydrogen-bond donors (Lipinski definition) is 2. The maximum atomic E-state index is 12.8. The number of ether oxygens (including phenoxy) is 2. The van der Waals surface area contributed by atoms with Gasteiger partial charge in [0.25, 0.3) is 0 Å². The second-order valence-corrected chi connectivity index (χ2v) is 7.60. The Bertz CT molecular complexity index is 1050. The zero-order chi connectivity index (χ0) is 19.8. The SMILES string of the molecule is Cc1cc(C)c2[nH]c(C)c(CC(=O)N[C@@H](C)c3ccc4c(c3)OCCO4)c2c1. The van der Waals surface area contributed by atoms with Crippen LogP contribution in [-0.2, 0) is 11.2 Å². The highest BCUT2D eigenvalue weighted by atomic mass is 16.6. The Morgan fingerprint density at radius 2 is 1.86 bits per heavy atom. The van der Waals surface area contributed by atoms with Crippen molar-refractivity contribution in [1.82, 2.24) is 10.3 Å². The quantitative estimate of drug-likeness (QED) is 0.712. The first-order valence-corrected chi connectivity index (χ1v) is 9.69. The van der Waals surface area contributed by atoms with Crippen LogP contribution in [0.5, 0.6) is 11.5 Å². The first kappa shape index (κ1) is 18.4. The fourth-order valence-corrected chi connectivity index (χ4v) is 3.93. The summed E-state index contributed by atoms with van der Waals surface area (Å²) in [4.78, 5) is 16.2. The van der Waals surface area contributed by atoms with Gasteiger partial charge in [0.05, 0.1) is 12.5 Å². The molecule has 1 amide bonds. The first-order valence-electron chi connectivity index (χ1n) is 9.69. The second kappa shape index (κ2) is 7.23. The van der Waals surface area contributed by atoms with Gasteiger partial charge in [0.15, 0.2) is 11.5 Å². The molecule has 28 heavy (non-hydrogen) atoms. The fourth-order valence-electron chi connectivity index (χ4n) is 3.93. The lowest BCUT2D eigenvalue weighted by molar-refractivity contribution is -0.121. The largest absolute Gasteiger partial charge is 0.486 e. The molecule has 5 heteroatoms. The topological polar surface area (TPSA) is 63.4 Å². The molecule has 4 rings (SSSR count). The lowest BCUT2D eigenvalue weighted by Crippen LogP contribution is -2.28. The highest BCUT2D eigenvalue weighted by Gasteiger charge is 2.18. The molecule has 0 unspecified atom stereocenters. The van der Waals surface area contributed by atoms with E-state index < -0.39 is 0 Å². The molecule has 3 aromatic rings. The van der Waals surface area contributed by atoms with Crippen molar-refractivity contribution in [2.75, 3.05) is 13.2 Å². The number of hydrogen-bond acceptors (Lipinski definition) is 3. The molecule has 146 valence electrons. The van der Waals surface area contributed by atoms with Gasteiger partial charge < -0.3 is 19.8 Å². The van der Waals surface area contributed by atoms with Crippen LogP contribution in [0.1, 0.15) is 40.9 Å². The van der Waals surface area contributed by atoms with Crippen molar-refractivity contribution in [3.8, 4) is 11.5 Å². The molecule has 5 nitrogen and oxygen atoms in total. The van der Waals surface area contributed by atoms with E-state index in [0.29, 0.717) is 19.6 Å². The van der Waals surface area contributed by atoms with Gasteiger partial charge in [-0.1, -0.05) is 17.7 Å². The predicted octanol–water partition coefficient (Wildman–Crippen LogP) is 4.28. The molecular weight excluding hydrogens is 352 g/mol. The molecular formula is C23H26N2O3. The third-order valence-corrected chi connectivity index (χ3v) is 5.35. The normalized spacial score (nSPS) is 14.1. The number of H-pyrrole nitrogens is 1. The summed E-state index contributed by atoms with van der Waals surface area (Å²) in [5.41, 5.74) is 6.63. The Morgan fingerprint density at radius 1 is 1.11 bits per heavy atom. The van der Waals surface area contributed by atoms with Crippen molar-refractivity contribution in [3.63, 3.8) is 0 Å². The molecule has 0 spiro atoms. The number of benzene rings is 2. The summed E-state index contributed by atoms with van der Waals surface area (Å²) in [6.07, 6.45) is 0.351. The summed E-state index contributed by atoms with van der Waals surface area (Å²) >= 11 is 0. The third-order valence-electron chi connectivity index (χ3n) is 5.35. The Kier molecular flexibility index (Phi) is 4.75. The average Bonchev–Trinajstić information content (AvgIpc) is 2.97. The fraction of sp³-hybridized carbons (Fsp3) is 0.348. The van der Waals surface area contributed by atoms with Crippen LogP contribution < -0.4 is 14.8 Å². The van der Waals surface area contributed by atoms with Crippen LogP contribution in [-0.4, -0.2) is 24.1 Å². The molecule has 0 radical (unpaired) electrons. The number of carbonyl (C=O) groups excluding carboxylic acids is 1. The summed E-state index contributed by atoms with van der Waals surface area (Å²) in [6, 6.07) is 10.0. The number of aromatic nitrogens is 1. The maximum Gasteiger partial charge on any atom is 0.224 e. The molecule has 0 saturated carbocycles. The lowest BCUT2D eigenvalue weighted by Gasteiger charge is -2.21. The van der Waals surface area contributed by atoms with E-state index in [2.05, 4.69) is 36.3 Å². The van der Waals surface area contributed by atoms with E-state index in [9.17, 15) is 4.79 Å². The van der Waals surface area contributed by atoms with Gasteiger partial charge in [0.2, 0.25) is 5.91 Å². The molecule has 2 aromatic carbocycles. The number of nitrogens with one attached hydrogen (secondary N) is 2. The Balaban J connectivity index is 1.52. The average molecular weight is 378 g/mol. The van der Waals surface area contributed by atoms with Crippen LogP contribution in [0.25, 0.3) is 10.9 Å². The number of rotatable bonds is 4. The van der Waals surface area contributed by atoms with E-state index in [-0.39, 0.29) is 11.9 Å². The summed E-state index contributed by atoms with van der Waals surface area (Å²) in [5, 5.41) is 4.25. The van der Waals surface area contributed by atoms with Crippen molar-refractivity contribution < 1.29 is 14.3 Å². The maximum absolute atomic E-state index is 12.8. The smallest absolute Gasteiger partial charge is 0.224 e. The summed E-state index contributed by atoms with van der Waals surface area (Å²) < 4.78 is 11.2. The van der Waals surface area contributed by atoms with Crippen molar-refractivity contribution in [1.29, 1.82) is 0 Å². The van der Waals surface area contributed by atoms with Gasteiger partial charge >= 0.3 is 0 Å². The monoisotopic (exact) mass is 378 g/mol. The first-order chi connectivity index (χ1) is 13.4. The van der Waals surface area contributed by atoms with Crippen molar-refractivity contribution in [2.24, 2.45) is 0 Å². The van der Waals surface area contributed by atoms with E-state index in [1.807, 2.05) is 32.0 Å². The third kappa shape index (κ3) is 3.44. The van der Waals surface area contributed by atoms with E-state index in [0.717, 1.165) is 39.2 Å². The molecule has 0 fully saturated rings. The Hall–Kier alpha value is -2.95. The van der Waals surface area contributed by atoms with E-state index in [1.54, 1.807) is 0 Å². The molecule has 0 saturated heterocycles. The predicted molar refractivity (Wildman–Crippen MR) is 110 cm³/mol. The molecule has 0 aliphatic carbocycles. The molecule has 2 heterocycles. The van der Waals surface area contributed by atoms with Gasteiger partial charge in [-0.2, -0.15) is 0 Å². The van der Waals surface area contributed by atoms with Gasteiger partial charge in [0.1, 0.15) is 13.2 Å². The van der Waals surface area contributed by atoms with Crippen LogP contribution in [0.4, 0.5) is 0 Å². The summed E-state index contributed by atoms with van der Waals surface area (Å²) in [5.74, 6) is 1.50. The van der Waals surface area contributed by atoms with Crippen molar-refractivity contribution >= 4 is 16.8 Å². The number of aryl methyl sites for hydroxylation is 3.